The fourth-order valence-corrected chi connectivity index (χ4v) is 4.83. The molecule has 0 aliphatic rings. The lowest BCUT2D eigenvalue weighted by Gasteiger charge is -2.25. The van der Waals surface area contributed by atoms with E-state index >= 15 is 0 Å². The number of likely N-dealkylation sites (N-methyl/N-ethyl adjacent to an activating group) is 1. The summed E-state index contributed by atoms with van der Waals surface area (Å²) < 4.78 is 27.0. The van der Waals surface area contributed by atoms with Gasteiger partial charge in [-0.3, -0.25) is 4.79 Å². The van der Waals surface area contributed by atoms with E-state index in [1.807, 2.05) is 39.2 Å². The predicted molar refractivity (Wildman–Crippen MR) is 121 cm³/mol. The lowest BCUT2D eigenvalue weighted by molar-refractivity contribution is 0.0941. The Hall–Kier alpha value is -2.22. The number of benzene rings is 2. The van der Waals surface area contributed by atoms with Crippen LogP contribution < -0.4 is 5.32 Å². The highest BCUT2D eigenvalue weighted by Crippen LogP contribution is 2.19. The molecule has 0 aromatic heterocycles. The van der Waals surface area contributed by atoms with Gasteiger partial charge in [0, 0.05) is 31.2 Å². The number of hydrogen-bond donors (Lipinski definition) is 1. The first-order valence-corrected chi connectivity index (χ1v) is 11.7. The van der Waals surface area contributed by atoms with Crippen LogP contribution >= 0.6 is 0 Å². The first-order chi connectivity index (χ1) is 14.2. The molecule has 2 aromatic carbocycles. The SMILES string of the molecule is CCN(CC)S(=O)(=O)c1ccc(C)c(C(=O)NCC(Cc2ccccc2)N(C)C)c1. The van der Waals surface area contributed by atoms with Crippen LogP contribution in [0.2, 0.25) is 0 Å². The number of nitrogens with zero attached hydrogens (tertiary/aromatic N) is 2. The Morgan fingerprint density at radius 3 is 2.23 bits per heavy atom. The highest BCUT2D eigenvalue weighted by atomic mass is 32.2. The lowest BCUT2D eigenvalue weighted by atomic mass is 10.0. The Bertz CT molecular complexity index is 939. The quantitative estimate of drug-likeness (QED) is 0.628. The van der Waals surface area contributed by atoms with Crippen molar-refractivity contribution in [3.63, 3.8) is 0 Å². The number of rotatable bonds is 10. The Balaban J connectivity index is 2.18. The van der Waals surface area contributed by atoms with Crippen molar-refractivity contribution in [2.24, 2.45) is 0 Å². The van der Waals surface area contributed by atoms with E-state index in [9.17, 15) is 13.2 Å². The molecule has 30 heavy (non-hydrogen) atoms. The molecule has 0 bridgehead atoms. The largest absolute Gasteiger partial charge is 0.350 e. The van der Waals surface area contributed by atoms with Gasteiger partial charge in [0.25, 0.3) is 5.91 Å². The third-order valence-corrected chi connectivity index (χ3v) is 7.39. The summed E-state index contributed by atoms with van der Waals surface area (Å²) in [7, 11) is 0.362. The van der Waals surface area contributed by atoms with Crippen LogP contribution in [0.15, 0.2) is 53.4 Å². The molecule has 6 nitrogen and oxygen atoms in total. The highest BCUT2D eigenvalue weighted by Gasteiger charge is 2.24. The maximum absolute atomic E-state index is 12.9. The minimum atomic E-state index is -3.61. The van der Waals surface area contributed by atoms with Crippen LogP contribution in [0, 0.1) is 6.92 Å². The first-order valence-electron chi connectivity index (χ1n) is 10.3. The van der Waals surface area contributed by atoms with Crippen molar-refractivity contribution in [2.45, 2.75) is 38.1 Å². The summed E-state index contributed by atoms with van der Waals surface area (Å²) in [6, 6.07) is 15.0. The first kappa shape index (κ1) is 24.1. The van der Waals surface area contributed by atoms with Crippen molar-refractivity contribution in [1.82, 2.24) is 14.5 Å². The van der Waals surface area contributed by atoms with Crippen LogP contribution in [0.25, 0.3) is 0 Å². The predicted octanol–water partition coefficient (Wildman–Crippen LogP) is 2.93. The van der Waals surface area contributed by atoms with Crippen LogP contribution in [-0.2, 0) is 16.4 Å². The fraction of sp³-hybridized carbons (Fsp3) is 0.435. The Morgan fingerprint density at radius 1 is 1.03 bits per heavy atom. The number of hydrogen-bond acceptors (Lipinski definition) is 4. The number of sulfonamides is 1. The molecule has 1 N–H and O–H groups in total. The summed E-state index contributed by atoms with van der Waals surface area (Å²) in [6.45, 7) is 6.66. The maximum Gasteiger partial charge on any atom is 0.251 e. The molecule has 0 spiro atoms. The number of carbonyl (C=O) groups excluding carboxylic acids is 1. The molecule has 0 radical (unpaired) electrons. The molecule has 1 unspecified atom stereocenters. The van der Waals surface area contributed by atoms with E-state index in [1.54, 1.807) is 26.0 Å². The molecule has 0 fully saturated rings. The number of aryl methyl sites for hydroxylation is 1. The zero-order valence-corrected chi connectivity index (χ0v) is 19.4. The van der Waals surface area contributed by atoms with E-state index in [0.29, 0.717) is 25.2 Å². The van der Waals surface area contributed by atoms with Gasteiger partial charge in [-0.2, -0.15) is 4.31 Å². The van der Waals surface area contributed by atoms with Gasteiger partial charge in [0.1, 0.15) is 0 Å². The second kappa shape index (κ2) is 10.7. The van der Waals surface area contributed by atoms with Gasteiger partial charge in [-0.25, -0.2) is 8.42 Å². The smallest absolute Gasteiger partial charge is 0.251 e. The van der Waals surface area contributed by atoms with E-state index in [-0.39, 0.29) is 16.8 Å². The molecule has 0 saturated carbocycles. The van der Waals surface area contributed by atoms with Crippen LogP contribution in [0.1, 0.15) is 35.3 Å². The summed E-state index contributed by atoms with van der Waals surface area (Å²) in [4.78, 5) is 15.1. The van der Waals surface area contributed by atoms with E-state index in [2.05, 4.69) is 22.3 Å². The van der Waals surface area contributed by atoms with Gasteiger partial charge in [0.2, 0.25) is 10.0 Å². The van der Waals surface area contributed by atoms with Gasteiger partial charge in [0.15, 0.2) is 0 Å². The van der Waals surface area contributed by atoms with Crippen molar-refractivity contribution in [3.05, 3.63) is 65.2 Å². The van der Waals surface area contributed by atoms with Crippen molar-refractivity contribution < 1.29 is 13.2 Å². The summed E-state index contributed by atoms with van der Waals surface area (Å²) in [5.41, 5.74) is 2.34. The number of amides is 1. The summed E-state index contributed by atoms with van der Waals surface area (Å²) >= 11 is 0. The normalized spacial score (nSPS) is 12.9. The topological polar surface area (TPSA) is 69.7 Å². The molecular formula is C23H33N3O3S. The standard InChI is InChI=1S/C23H33N3O3S/c1-6-26(7-2)30(28,29)21-14-13-18(3)22(16-21)23(27)24-17-20(25(4)5)15-19-11-9-8-10-12-19/h8-14,16,20H,6-7,15,17H2,1-5H3,(H,24,27). The maximum atomic E-state index is 12.9. The van der Waals surface area contributed by atoms with E-state index in [0.717, 1.165) is 12.0 Å². The second-order valence-corrected chi connectivity index (χ2v) is 9.52. The fourth-order valence-electron chi connectivity index (χ4n) is 3.35. The van der Waals surface area contributed by atoms with Gasteiger partial charge < -0.3 is 10.2 Å². The van der Waals surface area contributed by atoms with Gasteiger partial charge in [-0.15, -0.1) is 0 Å². The van der Waals surface area contributed by atoms with Crippen LogP contribution in [0.3, 0.4) is 0 Å². The Morgan fingerprint density at radius 2 is 1.67 bits per heavy atom. The number of nitrogens with one attached hydrogen (secondary N) is 1. The molecule has 0 heterocycles. The Labute approximate surface area is 180 Å². The van der Waals surface area contributed by atoms with Crippen LogP contribution in [0.5, 0.6) is 0 Å². The minimum absolute atomic E-state index is 0.124. The van der Waals surface area contributed by atoms with Crippen molar-refractivity contribution in [3.8, 4) is 0 Å². The van der Waals surface area contributed by atoms with Crippen LogP contribution in [0.4, 0.5) is 0 Å². The van der Waals surface area contributed by atoms with Crippen molar-refractivity contribution in [1.29, 1.82) is 0 Å². The lowest BCUT2D eigenvalue weighted by Crippen LogP contribution is -2.41. The molecule has 0 aliphatic heterocycles. The average Bonchev–Trinajstić information content (AvgIpc) is 2.72. The molecule has 2 aromatic rings. The molecule has 1 atom stereocenters. The summed E-state index contributed by atoms with van der Waals surface area (Å²) in [6.07, 6.45) is 0.809. The van der Waals surface area contributed by atoms with E-state index in [1.165, 1.54) is 15.9 Å². The van der Waals surface area contributed by atoms with Crippen molar-refractivity contribution >= 4 is 15.9 Å². The van der Waals surface area contributed by atoms with E-state index in [4.69, 9.17) is 0 Å². The highest BCUT2D eigenvalue weighted by molar-refractivity contribution is 7.89. The molecule has 0 saturated heterocycles. The zero-order chi connectivity index (χ0) is 22.3. The molecule has 2 rings (SSSR count). The minimum Gasteiger partial charge on any atom is -0.350 e. The molecule has 0 aliphatic carbocycles. The third kappa shape index (κ3) is 5.90. The molecular weight excluding hydrogens is 398 g/mol. The monoisotopic (exact) mass is 431 g/mol. The van der Waals surface area contributed by atoms with Crippen molar-refractivity contribution in [2.75, 3.05) is 33.7 Å². The average molecular weight is 432 g/mol. The summed E-state index contributed by atoms with van der Waals surface area (Å²) in [5, 5.41) is 2.99. The Kier molecular flexibility index (Phi) is 8.58. The van der Waals surface area contributed by atoms with Crippen LogP contribution in [-0.4, -0.2) is 63.3 Å². The molecule has 164 valence electrons. The third-order valence-electron chi connectivity index (χ3n) is 5.34. The van der Waals surface area contributed by atoms with Gasteiger partial charge in [-0.05, 0) is 50.7 Å². The van der Waals surface area contributed by atoms with Gasteiger partial charge >= 0.3 is 0 Å². The van der Waals surface area contributed by atoms with Gasteiger partial charge in [0.05, 0.1) is 4.90 Å². The summed E-state index contributed by atoms with van der Waals surface area (Å²) in [5.74, 6) is -0.260. The number of carbonyl (C=O) groups is 1. The van der Waals surface area contributed by atoms with E-state index < -0.39 is 10.0 Å². The molecule has 1 amide bonds. The van der Waals surface area contributed by atoms with Gasteiger partial charge in [-0.1, -0.05) is 50.2 Å². The zero-order valence-electron chi connectivity index (χ0n) is 18.6. The second-order valence-electron chi connectivity index (χ2n) is 7.58. The molecule has 7 heteroatoms.